The molecule has 0 aromatic heterocycles. The Hall–Kier alpha value is -0.890. The highest BCUT2D eigenvalue weighted by molar-refractivity contribution is 5.27. The third-order valence-corrected chi connectivity index (χ3v) is 2.26. The van der Waals surface area contributed by atoms with Gasteiger partial charge in [0, 0.05) is 6.20 Å². The van der Waals surface area contributed by atoms with Crippen LogP contribution < -0.4 is 5.32 Å². The van der Waals surface area contributed by atoms with E-state index in [4.69, 9.17) is 0 Å². The van der Waals surface area contributed by atoms with E-state index < -0.39 is 0 Å². The summed E-state index contributed by atoms with van der Waals surface area (Å²) < 4.78 is 0. The first-order chi connectivity index (χ1) is 7.35. The van der Waals surface area contributed by atoms with Crippen LogP contribution in [0.3, 0.4) is 0 Å². The summed E-state index contributed by atoms with van der Waals surface area (Å²) in [4.78, 5) is 3.71. The summed E-state index contributed by atoms with van der Waals surface area (Å²) in [5, 5.41) is 3.40. The van der Waals surface area contributed by atoms with Crippen LogP contribution in [0.1, 0.15) is 39.5 Å². The van der Waals surface area contributed by atoms with Gasteiger partial charge in [-0.15, -0.1) is 0 Å². The van der Waals surface area contributed by atoms with Crippen LogP contribution in [0.5, 0.6) is 0 Å². The van der Waals surface area contributed by atoms with Gasteiger partial charge in [0.05, 0.1) is 0 Å². The zero-order valence-electron chi connectivity index (χ0n) is 10.1. The van der Waals surface area contributed by atoms with Crippen molar-refractivity contribution in [3.05, 3.63) is 23.9 Å². The van der Waals surface area contributed by atoms with Gasteiger partial charge in [-0.3, -0.25) is 4.99 Å². The molecule has 15 heavy (non-hydrogen) atoms. The standard InChI is InChI=1S/C13H24N2/c1-4-10-15-11-7-6-8-13(5-2)9-12-14-3/h5,9,12,15H,3-4,6-8,10-11H2,1-2H3/b12-9-,13-5-. The normalized spacial score (nSPS) is 12.3. The molecule has 0 unspecified atom stereocenters. The molecule has 0 saturated heterocycles. The average molecular weight is 208 g/mol. The van der Waals surface area contributed by atoms with E-state index in [1.807, 2.05) is 6.08 Å². The monoisotopic (exact) mass is 208 g/mol. The van der Waals surface area contributed by atoms with Gasteiger partial charge in [0.25, 0.3) is 0 Å². The summed E-state index contributed by atoms with van der Waals surface area (Å²) >= 11 is 0. The van der Waals surface area contributed by atoms with Crippen molar-refractivity contribution in [2.24, 2.45) is 4.99 Å². The lowest BCUT2D eigenvalue weighted by Crippen LogP contribution is -2.15. The lowest BCUT2D eigenvalue weighted by atomic mass is 10.1. The number of hydrogen-bond acceptors (Lipinski definition) is 2. The summed E-state index contributed by atoms with van der Waals surface area (Å²) in [5.74, 6) is 0. The molecule has 0 rings (SSSR count). The average Bonchev–Trinajstić information content (AvgIpc) is 2.27. The predicted molar refractivity (Wildman–Crippen MR) is 69.5 cm³/mol. The second-order valence-electron chi connectivity index (χ2n) is 3.57. The minimum atomic E-state index is 1.13. The van der Waals surface area contributed by atoms with Crippen LogP contribution in [0.2, 0.25) is 0 Å². The minimum absolute atomic E-state index is 1.13. The first kappa shape index (κ1) is 14.1. The molecule has 0 aliphatic rings. The Morgan fingerprint density at radius 1 is 1.33 bits per heavy atom. The lowest BCUT2D eigenvalue weighted by molar-refractivity contribution is 0.617. The van der Waals surface area contributed by atoms with Gasteiger partial charge in [0.15, 0.2) is 0 Å². The molecule has 0 atom stereocenters. The van der Waals surface area contributed by atoms with Crippen molar-refractivity contribution >= 4 is 6.72 Å². The molecule has 0 aromatic rings. The largest absolute Gasteiger partial charge is 0.317 e. The fourth-order valence-corrected chi connectivity index (χ4v) is 1.35. The van der Waals surface area contributed by atoms with E-state index in [1.54, 1.807) is 6.20 Å². The topological polar surface area (TPSA) is 24.4 Å². The maximum absolute atomic E-state index is 3.71. The molecule has 0 saturated carbocycles. The fraction of sp³-hybridized carbons (Fsp3) is 0.615. The third-order valence-electron chi connectivity index (χ3n) is 2.26. The van der Waals surface area contributed by atoms with Crippen LogP contribution in [0.15, 0.2) is 28.9 Å². The molecule has 1 N–H and O–H groups in total. The van der Waals surface area contributed by atoms with Crippen molar-refractivity contribution in [3.8, 4) is 0 Å². The van der Waals surface area contributed by atoms with E-state index in [-0.39, 0.29) is 0 Å². The lowest BCUT2D eigenvalue weighted by Gasteiger charge is -2.03. The molecular weight excluding hydrogens is 184 g/mol. The van der Waals surface area contributed by atoms with E-state index in [1.165, 1.54) is 24.8 Å². The number of nitrogens with zero attached hydrogens (tertiary/aromatic N) is 1. The van der Waals surface area contributed by atoms with E-state index >= 15 is 0 Å². The number of hydrogen-bond donors (Lipinski definition) is 1. The van der Waals surface area contributed by atoms with Crippen LogP contribution in [-0.2, 0) is 0 Å². The van der Waals surface area contributed by atoms with Crippen molar-refractivity contribution in [1.82, 2.24) is 5.32 Å². The van der Waals surface area contributed by atoms with Crippen molar-refractivity contribution < 1.29 is 0 Å². The maximum atomic E-state index is 3.71. The Bertz CT molecular complexity index is 205. The van der Waals surface area contributed by atoms with Gasteiger partial charge in [-0.25, -0.2) is 0 Å². The molecular formula is C13H24N2. The van der Waals surface area contributed by atoms with Gasteiger partial charge in [-0.1, -0.05) is 18.6 Å². The van der Waals surface area contributed by atoms with Gasteiger partial charge in [0.2, 0.25) is 0 Å². The van der Waals surface area contributed by atoms with Gasteiger partial charge in [-0.2, -0.15) is 0 Å². The molecule has 2 nitrogen and oxygen atoms in total. The summed E-state index contributed by atoms with van der Waals surface area (Å²) in [6, 6.07) is 0. The Balaban J connectivity index is 3.47. The van der Waals surface area contributed by atoms with E-state index in [0.717, 1.165) is 19.5 Å². The van der Waals surface area contributed by atoms with Gasteiger partial charge >= 0.3 is 0 Å². The van der Waals surface area contributed by atoms with E-state index in [2.05, 4.69) is 37.0 Å². The molecule has 0 amide bonds. The Morgan fingerprint density at radius 3 is 2.73 bits per heavy atom. The van der Waals surface area contributed by atoms with Gasteiger partial charge in [0.1, 0.15) is 0 Å². The summed E-state index contributed by atoms with van der Waals surface area (Å²) in [5.41, 5.74) is 1.35. The first-order valence-electron chi connectivity index (χ1n) is 5.83. The number of nitrogens with one attached hydrogen (secondary N) is 1. The number of allylic oxidation sites excluding steroid dienone is 3. The van der Waals surface area contributed by atoms with Crippen LogP contribution in [0.25, 0.3) is 0 Å². The molecule has 2 heteroatoms. The zero-order valence-corrected chi connectivity index (χ0v) is 10.1. The zero-order chi connectivity index (χ0) is 11.4. The summed E-state index contributed by atoms with van der Waals surface area (Å²) in [6.45, 7) is 9.95. The van der Waals surface area contributed by atoms with Crippen molar-refractivity contribution in [1.29, 1.82) is 0 Å². The Kier molecular flexibility index (Phi) is 10.5. The molecule has 0 aliphatic heterocycles. The van der Waals surface area contributed by atoms with Crippen LogP contribution in [0, 0.1) is 0 Å². The van der Waals surface area contributed by atoms with E-state index in [0.29, 0.717) is 0 Å². The number of rotatable bonds is 9. The third kappa shape index (κ3) is 9.42. The quantitative estimate of drug-likeness (QED) is 0.351. The predicted octanol–water partition coefficient (Wildman–Crippen LogP) is 3.32. The molecule has 0 aliphatic carbocycles. The molecule has 0 heterocycles. The highest BCUT2D eigenvalue weighted by Crippen LogP contribution is 2.08. The smallest absolute Gasteiger partial charge is 0.0263 e. The molecule has 0 radical (unpaired) electrons. The minimum Gasteiger partial charge on any atom is -0.317 e. The maximum Gasteiger partial charge on any atom is 0.0263 e. The summed E-state index contributed by atoms with van der Waals surface area (Å²) in [7, 11) is 0. The highest BCUT2D eigenvalue weighted by atomic mass is 14.8. The molecule has 0 spiro atoms. The molecule has 0 fully saturated rings. The molecule has 86 valence electrons. The van der Waals surface area contributed by atoms with Crippen LogP contribution >= 0.6 is 0 Å². The molecule has 0 bridgehead atoms. The van der Waals surface area contributed by atoms with Gasteiger partial charge < -0.3 is 5.32 Å². The molecule has 0 aromatic carbocycles. The fourth-order valence-electron chi connectivity index (χ4n) is 1.35. The van der Waals surface area contributed by atoms with Crippen molar-refractivity contribution in [2.45, 2.75) is 39.5 Å². The van der Waals surface area contributed by atoms with Crippen molar-refractivity contribution in [2.75, 3.05) is 13.1 Å². The van der Waals surface area contributed by atoms with Crippen LogP contribution in [-0.4, -0.2) is 19.8 Å². The second kappa shape index (κ2) is 11.2. The van der Waals surface area contributed by atoms with E-state index in [9.17, 15) is 0 Å². The highest BCUT2D eigenvalue weighted by Gasteiger charge is 1.92. The summed E-state index contributed by atoms with van der Waals surface area (Å²) in [6.07, 6.45) is 10.8. The first-order valence-corrected chi connectivity index (χ1v) is 5.83. The second-order valence-corrected chi connectivity index (χ2v) is 3.57. The number of unbranched alkanes of at least 4 members (excludes halogenated alkanes) is 1. The van der Waals surface area contributed by atoms with Crippen molar-refractivity contribution in [3.63, 3.8) is 0 Å². The Labute approximate surface area is 94.2 Å². The van der Waals surface area contributed by atoms with Crippen LogP contribution in [0.4, 0.5) is 0 Å². The SMILES string of the molecule is C=N/C=C\C(=C/C)CCCCNCCC. The van der Waals surface area contributed by atoms with Gasteiger partial charge in [-0.05, 0) is 58.5 Å². The number of aliphatic imine (C=N–C) groups is 1. The Morgan fingerprint density at radius 2 is 2.13 bits per heavy atom.